The number of unbranched alkanes of at least 4 members (excludes halogenated alkanes) is 3. The second-order valence-corrected chi connectivity index (χ2v) is 3.97. The summed E-state index contributed by atoms with van der Waals surface area (Å²) in [4.78, 5) is 0. The Morgan fingerprint density at radius 1 is 1.00 bits per heavy atom. The highest BCUT2D eigenvalue weighted by Gasteiger charge is 1.89. The molecule has 0 amide bonds. The zero-order chi connectivity index (χ0) is 8.36. The molecule has 0 aromatic heterocycles. The number of aliphatic hydroxyl groups is 1. The lowest BCUT2D eigenvalue weighted by Crippen LogP contribution is -1.86. The number of rotatable bonds is 8. The van der Waals surface area contributed by atoms with E-state index in [9.17, 15) is 0 Å². The summed E-state index contributed by atoms with van der Waals surface area (Å²) < 4.78 is 0. The topological polar surface area (TPSA) is 20.2 Å². The maximum absolute atomic E-state index is 8.50. The monoisotopic (exact) mass is 176 g/mol. The van der Waals surface area contributed by atoms with Crippen LogP contribution in [0.15, 0.2) is 0 Å². The Balaban J connectivity index is 2.69. The molecule has 0 aromatic carbocycles. The van der Waals surface area contributed by atoms with Crippen molar-refractivity contribution >= 4 is 11.8 Å². The highest BCUT2D eigenvalue weighted by atomic mass is 32.2. The van der Waals surface area contributed by atoms with Crippen LogP contribution in [0, 0.1) is 0 Å². The molecule has 1 nitrogen and oxygen atoms in total. The van der Waals surface area contributed by atoms with E-state index >= 15 is 0 Å². The van der Waals surface area contributed by atoms with Crippen LogP contribution in [0.2, 0.25) is 0 Å². The Kier molecular flexibility index (Phi) is 10.6. The maximum atomic E-state index is 8.50. The fraction of sp³-hybridized carbons (Fsp3) is 1.00. The van der Waals surface area contributed by atoms with E-state index in [1.54, 1.807) is 0 Å². The van der Waals surface area contributed by atoms with Gasteiger partial charge in [-0.15, -0.1) is 0 Å². The molecule has 0 aliphatic carbocycles. The van der Waals surface area contributed by atoms with E-state index in [0.717, 1.165) is 6.42 Å². The van der Waals surface area contributed by atoms with Gasteiger partial charge in [-0.25, -0.2) is 0 Å². The highest BCUT2D eigenvalue weighted by molar-refractivity contribution is 7.99. The second-order valence-electron chi connectivity index (χ2n) is 2.75. The molecule has 0 atom stereocenters. The first-order valence-electron chi connectivity index (χ1n) is 4.60. The third-order valence-electron chi connectivity index (χ3n) is 1.55. The highest BCUT2D eigenvalue weighted by Crippen LogP contribution is 2.07. The van der Waals surface area contributed by atoms with Crippen molar-refractivity contribution in [2.24, 2.45) is 0 Å². The predicted molar refractivity (Wildman–Crippen MR) is 53.2 cm³/mol. The standard InChI is InChI=1S/C9H20OS/c1-2-8-11-9-6-4-3-5-7-10/h10H,2-9H2,1H3. The fourth-order valence-corrected chi connectivity index (χ4v) is 1.82. The van der Waals surface area contributed by atoms with E-state index in [4.69, 9.17) is 5.11 Å². The van der Waals surface area contributed by atoms with Gasteiger partial charge in [-0.05, 0) is 30.8 Å². The lowest BCUT2D eigenvalue weighted by Gasteiger charge is -1.98. The van der Waals surface area contributed by atoms with Gasteiger partial charge in [-0.1, -0.05) is 19.8 Å². The van der Waals surface area contributed by atoms with Gasteiger partial charge in [0, 0.05) is 6.61 Å². The van der Waals surface area contributed by atoms with Gasteiger partial charge < -0.3 is 5.11 Å². The van der Waals surface area contributed by atoms with Gasteiger partial charge in [0.05, 0.1) is 0 Å². The van der Waals surface area contributed by atoms with Crippen molar-refractivity contribution < 1.29 is 5.11 Å². The molecule has 0 bridgehead atoms. The van der Waals surface area contributed by atoms with Crippen LogP contribution < -0.4 is 0 Å². The van der Waals surface area contributed by atoms with Gasteiger partial charge in [-0.2, -0.15) is 11.8 Å². The van der Waals surface area contributed by atoms with Crippen LogP contribution >= 0.6 is 11.8 Å². The van der Waals surface area contributed by atoms with Gasteiger partial charge in [0.25, 0.3) is 0 Å². The van der Waals surface area contributed by atoms with Crippen molar-refractivity contribution in [1.82, 2.24) is 0 Å². The van der Waals surface area contributed by atoms with E-state index in [1.165, 1.54) is 37.2 Å². The average molecular weight is 176 g/mol. The largest absolute Gasteiger partial charge is 0.396 e. The summed E-state index contributed by atoms with van der Waals surface area (Å²) in [6, 6.07) is 0. The minimum absolute atomic E-state index is 0.363. The predicted octanol–water partition coefficient (Wildman–Crippen LogP) is 2.68. The van der Waals surface area contributed by atoms with Gasteiger partial charge in [0.15, 0.2) is 0 Å². The summed E-state index contributed by atoms with van der Waals surface area (Å²) in [6.07, 6.45) is 6.09. The molecule has 0 heterocycles. The van der Waals surface area contributed by atoms with Crippen LogP contribution in [0.1, 0.15) is 39.0 Å². The van der Waals surface area contributed by atoms with E-state index in [2.05, 4.69) is 6.92 Å². The number of hydrogen-bond acceptors (Lipinski definition) is 2. The molecule has 0 saturated carbocycles. The Morgan fingerprint density at radius 2 is 1.73 bits per heavy atom. The Morgan fingerprint density at radius 3 is 2.36 bits per heavy atom. The Hall–Kier alpha value is 0.310. The molecule has 0 aliphatic rings. The average Bonchev–Trinajstić information content (AvgIpc) is 2.03. The first kappa shape index (κ1) is 11.3. The summed E-state index contributed by atoms with van der Waals surface area (Å²) in [7, 11) is 0. The summed E-state index contributed by atoms with van der Waals surface area (Å²) >= 11 is 2.05. The van der Waals surface area contributed by atoms with E-state index in [-0.39, 0.29) is 0 Å². The van der Waals surface area contributed by atoms with Crippen molar-refractivity contribution in [1.29, 1.82) is 0 Å². The van der Waals surface area contributed by atoms with Gasteiger partial charge in [0.2, 0.25) is 0 Å². The van der Waals surface area contributed by atoms with Gasteiger partial charge in [-0.3, -0.25) is 0 Å². The lowest BCUT2D eigenvalue weighted by atomic mass is 10.2. The van der Waals surface area contributed by atoms with Crippen molar-refractivity contribution in [2.45, 2.75) is 39.0 Å². The van der Waals surface area contributed by atoms with Crippen molar-refractivity contribution in [2.75, 3.05) is 18.1 Å². The van der Waals surface area contributed by atoms with Crippen molar-refractivity contribution in [3.8, 4) is 0 Å². The van der Waals surface area contributed by atoms with Crippen LogP contribution in [0.5, 0.6) is 0 Å². The molecule has 0 saturated heterocycles. The first-order valence-corrected chi connectivity index (χ1v) is 5.76. The summed E-state index contributed by atoms with van der Waals surface area (Å²) in [5.74, 6) is 2.61. The molecule has 68 valence electrons. The molecule has 0 spiro atoms. The summed E-state index contributed by atoms with van der Waals surface area (Å²) in [5, 5.41) is 8.50. The molecular formula is C9H20OS. The van der Waals surface area contributed by atoms with Crippen molar-refractivity contribution in [3.63, 3.8) is 0 Å². The quantitative estimate of drug-likeness (QED) is 0.574. The molecule has 0 radical (unpaired) electrons. The van der Waals surface area contributed by atoms with Crippen LogP contribution in [-0.4, -0.2) is 23.2 Å². The number of aliphatic hydroxyl groups excluding tert-OH is 1. The van der Waals surface area contributed by atoms with E-state index in [0.29, 0.717) is 6.61 Å². The molecule has 0 fully saturated rings. The molecule has 0 aromatic rings. The fourth-order valence-electron chi connectivity index (χ4n) is 0.916. The Labute approximate surface area is 74.6 Å². The van der Waals surface area contributed by atoms with Crippen molar-refractivity contribution in [3.05, 3.63) is 0 Å². The van der Waals surface area contributed by atoms with Crippen LogP contribution in [0.3, 0.4) is 0 Å². The number of thioether (sulfide) groups is 1. The smallest absolute Gasteiger partial charge is 0.0431 e. The minimum Gasteiger partial charge on any atom is -0.396 e. The summed E-state index contributed by atoms with van der Waals surface area (Å²) in [6.45, 7) is 2.58. The van der Waals surface area contributed by atoms with Gasteiger partial charge in [0.1, 0.15) is 0 Å². The molecular weight excluding hydrogens is 156 g/mol. The van der Waals surface area contributed by atoms with Crippen LogP contribution in [-0.2, 0) is 0 Å². The normalized spacial score (nSPS) is 10.4. The minimum atomic E-state index is 0.363. The SMILES string of the molecule is CCCSCCCCCCO. The van der Waals surface area contributed by atoms with E-state index < -0.39 is 0 Å². The third kappa shape index (κ3) is 10.3. The molecule has 1 N–H and O–H groups in total. The molecule has 2 heteroatoms. The third-order valence-corrected chi connectivity index (χ3v) is 2.82. The molecule has 0 rings (SSSR count). The zero-order valence-electron chi connectivity index (χ0n) is 7.51. The molecule has 11 heavy (non-hydrogen) atoms. The molecule has 0 unspecified atom stereocenters. The number of hydrogen-bond donors (Lipinski definition) is 1. The Bertz CT molecular complexity index is 58.6. The van der Waals surface area contributed by atoms with Crippen LogP contribution in [0.4, 0.5) is 0 Å². The van der Waals surface area contributed by atoms with Gasteiger partial charge >= 0.3 is 0 Å². The first-order chi connectivity index (χ1) is 5.41. The summed E-state index contributed by atoms with van der Waals surface area (Å²) in [5.41, 5.74) is 0. The van der Waals surface area contributed by atoms with Crippen LogP contribution in [0.25, 0.3) is 0 Å². The zero-order valence-corrected chi connectivity index (χ0v) is 8.33. The maximum Gasteiger partial charge on any atom is 0.0431 e. The van der Waals surface area contributed by atoms with E-state index in [1.807, 2.05) is 11.8 Å². The second kappa shape index (κ2) is 10.3. The lowest BCUT2D eigenvalue weighted by molar-refractivity contribution is 0.283. The molecule has 0 aliphatic heterocycles.